The van der Waals surface area contributed by atoms with E-state index in [1.54, 1.807) is 37.3 Å². The van der Waals surface area contributed by atoms with Crippen molar-refractivity contribution >= 4 is 45.8 Å². The molecule has 2 amide bonds. The maximum atomic E-state index is 12.5. The number of hydrogen-bond donors (Lipinski definition) is 1. The second-order valence-corrected chi connectivity index (χ2v) is 7.18. The van der Waals surface area contributed by atoms with Gasteiger partial charge in [0.15, 0.2) is 0 Å². The van der Waals surface area contributed by atoms with Crippen molar-refractivity contribution in [3.8, 4) is 11.5 Å². The van der Waals surface area contributed by atoms with Crippen LogP contribution in [-0.4, -0.2) is 32.6 Å². The van der Waals surface area contributed by atoms with Gasteiger partial charge in [0.2, 0.25) is 11.8 Å². The van der Waals surface area contributed by atoms with E-state index in [-0.39, 0.29) is 18.2 Å². The molecule has 2 aromatic carbocycles. The van der Waals surface area contributed by atoms with E-state index in [0.29, 0.717) is 23.7 Å². The molecule has 26 heavy (non-hydrogen) atoms. The molecule has 3 rings (SSSR count). The van der Waals surface area contributed by atoms with Crippen LogP contribution in [0, 0.1) is 9.49 Å². The lowest BCUT2D eigenvalue weighted by molar-refractivity contribution is -0.122. The van der Waals surface area contributed by atoms with E-state index >= 15 is 0 Å². The van der Waals surface area contributed by atoms with Crippen LogP contribution in [0.4, 0.5) is 11.4 Å². The highest BCUT2D eigenvalue weighted by Gasteiger charge is 2.36. The van der Waals surface area contributed by atoms with Crippen LogP contribution in [0.5, 0.6) is 11.5 Å². The van der Waals surface area contributed by atoms with E-state index in [0.717, 1.165) is 9.26 Å². The topological polar surface area (TPSA) is 67.9 Å². The first-order valence-electron chi connectivity index (χ1n) is 8.10. The van der Waals surface area contributed by atoms with Crippen LogP contribution in [0.15, 0.2) is 42.5 Å². The number of benzene rings is 2. The summed E-state index contributed by atoms with van der Waals surface area (Å²) in [5.41, 5.74) is 1.37. The average Bonchev–Trinajstić information content (AvgIpc) is 3.04. The quantitative estimate of drug-likeness (QED) is 0.687. The van der Waals surface area contributed by atoms with Crippen LogP contribution in [-0.2, 0) is 9.59 Å². The smallest absolute Gasteiger partial charge is 0.229 e. The van der Waals surface area contributed by atoms with E-state index in [9.17, 15) is 9.59 Å². The molecule has 0 radical (unpaired) electrons. The number of anilines is 2. The van der Waals surface area contributed by atoms with Gasteiger partial charge in [-0.25, -0.2) is 0 Å². The van der Waals surface area contributed by atoms with E-state index in [1.165, 1.54) is 0 Å². The number of rotatable bonds is 5. The molecule has 0 saturated carbocycles. The summed E-state index contributed by atoms with van der Waals surface area (Å²) < 4.78 is 11.7. The lowest BCUT2D eigenvalue weighted by Gasteiger charge is -2.20. The largest absolute Gasteiger partial charge is 0.497 e. The molecule has 2 aromatic rings. The minimum absolute atomic E-state index is 0.101. The van der Waals surface area contributed by atoms with E-state index in [2.05, 4.69) is 27.9 Å². The fourth-order valence-electron chi connectivity index (χ4n) is 2.90. The van der Waals surface area contributed by atoms with Gasteiger partial charge in [0.05, 0.1) is 25.8 Å². The molecule has 7 heteroatoms. The second-order valence-electron chi connectivity index (χ2n) is 5.94. The van der Waals surface area contributed by atoms with Gasteiger partial charge >= 0.3 is 0 Å². The normalized spacial score (nSPS) is 16.5. The van der Waals surface area contributed by atoms with E-state index in [4.69, 9.17) is 9.47 Å². The fourth-order valence-corrected chi connectivity index (χ4v) is 3.26. The van der Waals surface area contributed by atoms with Gasteiger partial charge in [-0.15, -0.1) is 0 Å². The van der Waals surface area contributed by atoms with Gasteiger partial charge in [-0.2, -0.15) is 0 Å². The molecular formula is C19H19IN2O4. The summed E-state index contributed by atoms with van der Waals surface area (Å²) in [5, 5.41) is 2.88. The lowest BCUT2D eigenvalue weighted by atomic mass is 10.1. The van der Waals surface area contributed by atoms with Crippen LogP contribution in [0.2, 0.25) is 0 Å². The number of ether oxygens (including phenoxy) is 2. The predicted octanol–water partition coefficient (Wildman–Crippen LogP) is 3.30. The molecule has 1 saturated heterocycles. The summed E-state index contributed by atoms with van der Waals surface area (Å²) in [6.45, 7) is 0.317. The molecule has 1 atom stereocenters. The van der Waals surface area contributed by atoms with Gasteiger partial charge in [0.25, 0.3) is 0 Å². The number of nitrogens with one attached hydrogen (secondary N) is 1. The predicted molar refractivity (Wildman–Crippen MR) is 108 cm³/mol. The maximum Gasteiger partial charge on any atom is 0.229 e. The highest BCUT2D eigenvalue weighted by molar-refractivity contribution is 14.1. The zero-order chi connectivity index (χ0) is 18.7. The molecule has 0 aliphatic carbocycles. The number of nitrogens with zero attached hydrogens (tertiary/aromatic N) is 1. The third-order valence-electron chi connectivity index (χ3n) is 4.29. The van der Waals surface area contributed by atoms with Gasteiger partial charge in [-0.05, 0) is 59.0 Å². The standard InChI is InChI=1S/C19H19IN2O4/c1-25-15-7-8-16(17(10-15)26-2)22-11-12(9-18(22)23)19(24)21-14-5-3-13(20)4-6-14/h3-8,10,12H,9,11H2,1-2H3,(H,21,24)/t12-/m1/s1. The summed E-state index contributed by atoms with van der Waals surface area (Å²) in [6, 6.07) is 12.8. The summed E-state index contributed by atoms with van der Waals surface area (Å²) >= 11 is 2.21. The number of carbonyl (C=O) groups is 2. The van der Waals surface area contributed by atoms with Gasteiger partial charge in [-0.1, -0.05) is 0 Å². The molecule has 0 spiro atoms. The Morgan fingerprint density at radius 2 is 1.88 bits per heavy atom. The number of amides is 2. The minimum atomic E-state index is -0.409. The Balaban J connectivity index is 1.74. The molecule has 1 N–H and O–H groups in total. The van der Waals surface area contributed by atoms with Crippen molar-refractivity contribution in [2.24, 2.45) is 5.92 Å². The van der Waals surface area contributed by atoms with Crippen LogP contribution in [0.3, 0.4) is 0 Å². The molecule has 0 aromatic heterocycles. The third-order valence-corrected chi connectivity index (χ3v) is 5.00. The number of carbonyl (C=O) groups excluding carboxylic acids is 2. The molecule has 1 aliphatic heterocycles. The summed E-state index contributed by atoms with van der Waals surface area (Å²) in [5.74, 6) is 0.515. The molecule has 1 heterocycles. The van der Waals surface area contributed by atoms with Crippen molar-refractivity contribution in [3.05, 3.63) is 46.0 Å². The highest BCUT2D eigenvalue weighted by Crippen LogP contribution is 2.36. The van der Waals surface area contributed by atoms with Crippen molar-refractivity contribution in [2.75, 3.05) is 31.0 Å². The Hall–Kier alpha value is -2.29. The third kappa shape index (κ3) is 3.92. The van der Waals surface area contributed by atoms with Gasteiger partial charge in [-0.3, -0.25) is 9.59 Å². The average molecular weight is 466 g/mol. The number of methoxy groups -OCH3 is 2. The molecule has 1 fully saturated rings. The Morgan fingerprint density at radius 1 is 1.15 bits per heavy atom. The second kappa shape index (κ2) is 7.94. The highest BCUT2D eigenvalue weighted by atomic mass is 127. The lowest BCUT2D eigenvalue weighted by Crippen LogP contribution is -2.28. The number of halogens is 1. The van der Waals surface area contributed by atoms with Crippen molar-refractivity contribution in [1.29, 1.82) is 0 Å². The van der Waals surface area contributed by atoms with Crippen molar-refractivity contribution in [2.45, 2.75) is 6.42 Å². The Bertz CT molecular complexity index is 823. The molecular weight excluding hydrogens is 447 g/mol. The number of hydrogen-bond acceptors (Lipinski definition) is 4. The van der Waals surface area contributed by atoms with Crippen LogP contribution < -0.4 is 19.7 Å². The molecule has 1 aliphatic rings. The van der Waals surface area contributed by atoms with Crippen molar-refractivity contribution in [3.63, 3.8) is 0 Å². The van der Waals surface area contributed by atoms with E-state index in [1.807, 2.05) is 24.3 Å². The Morgan fingerprint density at radius 3 is 2.54 bits per heavy atom. The zero-order valence-electron chi connectivity index (χ0n) is 14.5. The van der Waals surface area contributed by atoms with Crippen molar-refractivity contribution < 1.29 is 19.1 Å². The molecule has 136 valence electrons. The maximum absolute atomic E-state index is 12.5. The molecule has 6 nitrogen and oxygen atoms in total. The van der Waals surface area contributed by atoms with Crippen molar-refractivity contribution in [1.82, 2.24) is 0 Å². The first-order valence-corrected chi connectivity index (χ1v) is 9.18. The van der Waals surface area contributed by atoms with Crippen LogP contribution in [0.25, 0.3) is 0 Å². The molecule has 0 bridgehead atoms. The van der Waals surface area contributed by atoms with Gasteiger partial charge in [0.1, 0.15) is 11.5 Å². The first kappa shape index (κ1) is 18.5. The first-order chi connectivity index (χ1) is 12.5. The Kier molecular flexibility index (Phi) is 5.65. The fraction of sp³-hybridized carbons (Fsp3) is 0.263. The summed E-state index contributed by atoms with van der Waals surface area (Å²) in [7, 11) is 3.11. The SMILES string of the molecule is COc1ccc(N2C[C@H](C(=O)Nc3ccc(I)cc3)CC2=O)c(OC)c1. The van der Waals surface area contributed by atoms with E-state index < -0.39 is 5.92 Å². The minimum Gasteiger partial charge on any atom is -0.497 e. The Labute approximate surface area is 165 Å². The van der Waals surface area contributed by atoms with Gasteiger partial charge < -0.3 is 19.7 Å². The van der Waals surface area contributed by atoms with Crippen LogP contribution in [0.1, 0.15) is 6.42 Å². The van der Waals surface area contributed by atoms with Crippen LogP contribution >= 0.6 is 22.6 Å². The van der Waals surface area contributed by atoms with Gasteiger partial charge in [0, 0.05) is 28.3 Å². The summed E-state index contributed by atoms with van der Waals surface area (Å²) in [4.78, 5) is 26.6. The monoisotopic (exact) mass is 466 g/mol. The zero-order valence-corrected chi connectivity index (χ0v) is 16.6. The molecule has 0 unspecified atom stereocenters. The summed E-state index contributed by atoms with van der Waals surface area (Å²) in [6.07, 6.45) is 0.172.